The van der Waals surface area contributed by atoms with Crippen LogP contribution in [0.4, 0.5) is 17.2 Å². The normalized spacial score (nSPS) is 9.95. The number of pyridine rings is 2. The van der Waals surface area contributed by atoms with E-state index in [-0.39, 0.29) is 11.4 Å². The van der Waals surface area contributed by atoms with E-state index in [1.807, 2.05) is 0 Å². The van der Waals surface area contributed by atoms with Crippen molar-refractivity contribution in [1.29, 1.82) is 0 Å². The van der Waals surface area contributed by atoms with Crippen LogP contribution in [0.1, 0.15) is 10.4 Å². The predicted molar refractivity (Wildman–Crippen MR) is 71.2 cm³/mol. The lowest BCUT2D eigenvalue weighted by atomic mass is 10.2. The minimum Gasteiger partial charge on any atom is -0.481 e. The predicted octanol–water partition coefficient (Wildman–Crippen LogP) is 0.910. The van der Waals surface area contributed by atoms with Crippen LogP contribution in [0.2, 0.25) is 0 Å². The van der Waals surface area contributed by atoms with Gasteiger partial charge in [0.1, 0.15) is 5.82 Å². The molecule has 0 aliphatic rings. The maximum Gasteiger partial charge on any atom is 0.251 e. The molecule has 7 heteroatoms. The Morgan fingerprint density at radius 3 is 2.68 bits per heavy atom. The van der Waals surface area contributed by atoms with E-state index in [1.54, 1.807) is 18.3 Å². The zero-order valence-corrected chi connectivity index (χ0v) is 10.3. The number of aromatic nitrogens is 2. The van der Waals surface area contributed by atoms with Gasteiger partial charge in [-0.25, -0.2) is 9.97 Å². The maximum absolute atomic E-state index is 11.3. The Kier molecular flexibility index (Phi) is 3.46. The molecule has 0 spiro atoms. The molecule has 0 saturated carbocycles. The van der Waals surface area contributed by atoms with Crippen molar-refractivity contribution in [2.24, 2.45) is 5.73 Å². The molecular weight excluding hydrogens is 246 g/mol. The van der Waals surface area contributed by atoms with Crippen LogP contribution in [-0.4, -0.2) is 23.0 Å². The van der Waals surface area contributed by atoms with E-state index in [2.05, 4.69) is 15.3 Å². The molecule has 0 radical (unpaired) electrons. The SMILES string of the molecule is COc1ccc(Nc2cnc(N)cc2C(N)=O)cn1. The number of nitrogens with one attached hydrogen (secondary N) is 1. The number of hydrogen-bond acceptors (Lipinski definition) is 6. The van der Waals surface area contributed by atoms with Crippen LogP contribution >= 0.6 is 0 Å². The van der Waals surface area contributed by atoms with E-state index in [4.69, 9.17) is 16.2 Å². The number of nitrogens with zero attached hydrogens (tertiary/aromatic N) is 2. The lowest BCUT2D eigenvalue weighted by molar-refractivity contribution is 0.100. The third-order valence-electron chi connectivity index (χ3n) is 2.42. The van der Waals surface area contributed by atoms with Gasteiger partial charge in [-0.05, 0) is 12.1 Å². The van der Waals surface area contributed by atoms with Crippen molar-refractivity contribution >= 4 is 23.1 Å². The Bertz CT molecular complexity index is 598. The van der Waals surface area contributed by atoms with Crippen molar-refractivity contribution in [3.05, 3.63) is 36.2 Å². The first-order valence-corrected chi connectivity index (χ1v) is 5.42. The molecule has 0 unspecified atom stereocenters. The van der Waals surface area contributed by atoms with Gasteiger partial charge in [0.25, 0.3) is 5.91 Å². The molecule has 2 aromatic heterocycles. The third-order valence-corrected chi connectivity index (χ3v) is 2.42. The first-order valence-electron chi connectivity index (χ1n) is 5.42. The lowest BCUT2D eigenvalue weighted by Gasteiger charge is -2.10. The smallest absolute Gasteiger partial charge is 0.251 e. The summed E-state index contributed by atoms with van der Waals surface area (Å²) in [6, 6.07) is 4.87. The maximum atomic E-state index is 11.3. The molecule has 98 valence electrons. The van der Waals surface area contributed by atoms with Gasteiger partial charge in [0, 0.05) is 6.07 Å². The Balaban J connectivity index is 2.29. The molecule has 0 atom stereocenters. The van der Waals surface area contributed by atoms with Crippen molar-refractivity contribution in [2.45, 2.75) is 0 Å². The average molecular weight is 259 g/mol. The molecule has 2 rings (SSSR count). The number of primary amides is 1. The van der Waals surface area contributed by atoms with E-state index >= 15 is 0 Å². The molecule has 0 bridgehead atoms. The summed E-state index contributed by atoms with van der Waals surface area (Å²) >= 11 is 0. The number of amides is 1. The van der Waals surface area contributed by atoms with Crippen molar-refractivity contribution in [1.82, 2.24) is 9.97 Å². The summed E-state index contributed by atoms with van der Waals surface area (Å²) in [7, 11) is 1.53. The van der Waals surface area contributed by atoms with Gasteiger partial charge in [-0.3, -0.25) is 4.79 Å². The number of hydrogen-bond donors (Lipinski definition) is 3. The number of carbonyl (C=O) groups is 1. The van der Waals surface area contributed by atoms with Gasteiger partial charge in [0.05, 0.1) is 36.4 Å². The fourth-order valence-electron chi connectivity index (χ4n) is 1.51. The molecule has 0 saturated heterocycles. The van der Waals surface area contributed by atoms with Crippen LogP contribution in [-0.2, 0) is 0 Å². The first kappa shape index (κ1) is 12.6. The quantitative estimate of drug-likeness (QED) is 0.751. The standard InChI is InChI=1S/C12H13N5O2/c1-19-11-3-2-7(5-16-11)17-9-6-15-10(13)4-8(9)12(14)18/h2-6,17H,1H3,(H2,13,15)(H2,14,18). The Morgan fingerprint density at radius 2 is 2.11 bits per heavy atom. The summed E-state index contributed by atoms with van der Waals surface area (Å²) in [5.41, 5.74) is 12.2. The fraction of sp³-hybridized carbons (Fsp3) is 0.0833. The van der Waals surface area contributed by atoms with Crippen LogP contribution in [0.3, 0.4) is 0 Å². The van der Waals surface area contributed by atoms with Crippen molar-refractivity contribution in [2.75, 3.05) is 18.2 Å². The molecule has 7 nitrogen and oxygen atoms in total. The van der Waals surface area contributed by atoms with Gasteiger partial charge in [-0.15, -0.1) is 0 Å². The lowest BCUT2D eigenvalue weighted by Crippen LogP contribution is -2.14. The minimum atomic E-state index is -0.585. The number of methoxy groups -OCH3 is 1. The van der Waals surface area contributed by atoms with Gasteiger partial charge < -0.3 is 21.5 Å². The number of ether oxygens (including phenoxy) is 1. The van der Waals surface area contributed by atoms with Crippen LogP contribution in [0.5, 0.6) is 5.88 Å². The van der Waals surface area contributed by atoms with Gasteiger partial charge in [-0.2, -0.15) is 0 Å². The molecule has 19 heavy (non-hydrogen) atoms. The molecule has 1 amide bonds. The molecule has 0 aromatic carbocycles. The fourth-order valence-corrected chi connectivity index (χ4v) is 1.51. The topological polar surface area (TPSA) is 116 Å². The summed E-state index contributed by atoms with van der Waals surface area (Å²) in [4.78, 5) is 19.3. The zero-order valence-electron chi connectivity index (χ0n) is 10.3. The molecule has 5 N–H and O–H groups in total. The highest BCUT2D eigenvalue weighted by Gasteiger charge is 2.10. The second kappa shape index (κ2) is 5.21. The molecule has 0 aliphatic carbocycles. The summed E-state index contributed by atoms with van der Waals surface area (Å²) in [6.45, 7) is 0. The second-order valence-electron chi connectivity index (χ2n) is 3.73. The van der Waals surface area contributed by atoms with Crippen molar-refractivity contribution in [3.63, 3.8) is 0 Å². The molecule has 2 aromatic rings. The van der Waals surface area contributed by atoms with Gasteiger partial charge in [-0.1, -0.05) is 0 Å². The molecule has 0 fully saturated rings. The van der Waals surface area contributed by atoms with Crippen LogP contribution in [0.25, 0.3) is 0 Å². The van der Waals surface area contributed by atoms with E-state index < -0.39 is 5.91 Å². The summed E-state index contributed by atoms with van der Waals surface area (Å²) in [6.07, 6.45) is 3.01. The average Bonchev–Trinajstić information content (AvgIpc) is 2.41. The largest absolute Gasteiger partial charge is 0.481 e. The Morgan fingerprint density at radius 1 is 1.32 bits per heavy atom. The summed E-state index contributed by atoms with van der Waals surface area (Å²) < 4.78 is 4.96. The highest BCUT2D eigenvalue weighted by molar-refractivity contribution is 5.99. The van der Waals surface area contributed by atoms with Gasteiger partial charge >= 0.3 is 0 Å². The van der Waals surface area contributed by atoms with Crippen LogP contribution in [0, 0.1) is 0 Å². The van der Waals surface area contributed by atoms with E-state index in [1.165, 1.54) is 19.4 Å². The minimum absolute atomic E-state index is 0.229. The van der Waals surface area contributed by atoms with Crippen LogP contribution in [0.15, 0.2) is 30.6 Å². The third kappa shape index (κ3) is 2.89. The van der Waals surface area contributed by atoms with E-state index in [0.717, 1.165) is 0 Å². The number of anilines is 3. The van der Waals surface area contributed by atoms with Crippen molar-refractivity contribution < 1.29 is 9.53 Å². The number of rotatable bonds is 4. The van der Waals surface area contributed by atoms with E-state index in [0.29, 0.717) is 17.3 Å². The van der Waals surface area contributed by atoms with E-state index in [9.17, 15) is 4.79 Å². The summed E-state index contributed by atoms with van der Waals surface area (Å²) in [5.74, 6) is 0.140. The van der Waals surface area contributed by atoms with Crippen molar-refractivity contribution in [3.8, 4) is 5.88 Å². The Labute approximate surface area is 109 Å². The number of carbonyl (C=O) groups excluding carboxylic acids is 1. The highest BCUT2D eigenvalue weighted by atomic mass is 16.5. The van der Waals surface area contributed by atoms with Gasteiger partial charge in [0.2, 0.25) is 5.88 Å². The highest BCUT2D eigenvalue weighted by Crippen LogP contribution is 2.21. The second-order valence-corrected chi connectivity index (χ2v) is 3.73. The number of nitrogens with two attached hydrogens (primary N) is 2. The zero-order chi connectivity index (χ0) is 13.8. The molecule has 2 heterocycles. The molecule has 0 aliphatic heterocycles. The van der Waals surface area contributed by atoms with Gasteiger partial charge in [0.15, 0.2) is 0 Å². The number of nitrogen functional groups attached to an aromatic ring is 1. The van der Waals surface area contributed by atoms with Crippen LogP contribution < -0.4 is 21.5 Å². The molecular formula is C12H13N5O2. The summed E-state index contributed by atoms with van der Waals surface area (Å²) in [5, 5.41) is 3.00. The first-order chi connectivity index (χ1) is 9.10. The monoisotopic (exact) mass is 259 g/mol. The Hall–Kier alpha value is -2.83.